The highest BCUT2D eigenvalue weighted by atomic mass is 16.4. The fraction of sp³-hybridized carbons (Fsp3) is 0.158. The number of aromatic nitrogens is 4. The average Bonchev–Trinajstić information content (AvgIpc) is 3.30. The summed E-state index contributed by atoms with van der Waals surface area (Å²) in [6.07, 6.45) is 3.17. The monoisotopic (exact) mass is 363 g/mol. The number of nitrogens with zero attached hydrogens (tertiary/aromatic N) is 4. The van der Waals surface area contributed by atoms with Crippen LogP contribution in [0.4, 0.5) is 0 Å². The van der Waals surface area contributed by atoms with Gasteiger partial charge in [-0.05, 0) is 17.7 Å². The lowest BCUT2D eigenvalue weighted by atomic mass is 10.1. The number of benzene rings is 2. The van der Waals surface area contributed by atoms with Crippen LogP contribution in [0.15, 0.2) is 76.2 Å². The van der Waals surface area contributed by atoms with Crippen LogP contribution < -0.4 is 11.1 Å². The second-order valence-electron chi connectivity index (χ2n) is 6.04. The lowest BCUT2D eigenvalue weighted by Crippen LogP contribution is -2.36. The Labute approximate surface area is 154 Å². The molecule has 0 aliphatic carbocycles. The minimum Gasteiger partial charge on any atom is -0.408 e. The van der Waals surface area contributed by atoms with E-state index in [0.717, 1.165) is 5.56 Å². The summed E-state index contributed by atoms with van der Waals surface area (Å²) in [4.78, 5) is 26.2. The molecular formula is C19H17N5O3. The summed E-state index contributed by atoms with van der Waals surface area (Å²) >= 11 is 0. The van der Waals surface area contributed by atoms with Gasteiger partial charge in [0.2, 0.25) is 5.91 Å². The van der Waals surface area contributed by atoms with Gasteiger partial charge in [0.15, 0.2) is 5.58 Å². The molecule has 4 rings (SSSR count). The first-order valence-corrected chi connectivity index (χ1v) is 8.47. The smallest absolute Gasteiger partial charge is 0.408 e. The molecule has 27 heavy (non-hydrogen) atoms. The van der Waals surface area contributed by atoms with E-state index in [0.29, 0.717) is 17.6 Å². The van der Waals surface area contributed by atoms with Crippen LogP contribution in [0.5, 0.6) is 0 Å². The molecule has 0 spiro atoms. The number of carbonyl (C=O) groups is 1. The highest BCUT2D eigenvalue weighted by molar-refractivity contribution is 5.79. The van der Waals surface area contributed by atoms with Crippen molar-refractivity contribution < 1.29 is 9.21 Å². The van der Waals surface area contributed by atoms with E-state index in [1.807, 2.05) is 30.3 Å². The van der Waals surface area contributed by atoms with E-state index in [-0.39, 0.29) is 18.5 Å². The topological polar surface area (TPSA) is 94.9 Å². The molecule has 8 heteroatoms. The summed E-state index contributed by atoms with van der Waals surface area (Å²) in [5, 5.41) is 11.2. The van der Waals surface area contributed by atoms with Gasteiger partial charge in [0.05, 0.1) is 30.5 Å². The van der Waals surface area contributed by atoms with Crippen molar-refractivity contribution in [3.63, 3.8) is 0 Å². The molecule has 0 radical (unpaired) electrons. The largest absolute Gasteiger partial charge is 0.420 e. The van der Waals surface area contributed by atoms with Gasteiger partial charge in [-0.1, -0.05) is 42.5 Å². The molecule has 8 nitrogen and oxygen atoms in total. The van der Waals surface area contributed by atoms with Crippen molar-refractivity contribution in [2.45, 2.75) is 19.1 Å². The summed E-state index contributed by atoms with van der Waals surface area (Å²) in [6.45, 7) is 0.246. The van der Waals surface area contributed by atoms with Crippen LogP contribution in [-0.2, 0) is 17.9 Å². The molecule has 4 aromatic rings. The third-order valence-electron chi connectivity index (χ3n) is 4.23. The van der Waals surface area contributed by atoms with Gasteiger partial charge in [-0.15, -0.1) is 0 Å². The summed E-state index contributed by atoms with van der Waals surface area (Å²) in [6, 6.07) is 16.2. The number of nitrogens with one attached hydrogen (secondary N) is 1. The van der Waals surface area contributed by atoms with Crippen molar-refractivity contribution >= 4 is 17.0 Å². The predicted molar refractivity (Wildman–Crippen MR) is 97.8 cm³/mol. The second-order valence-corrected chi connectivity index (χ2v) is 6.04. The molecule has 0 aliphatic heterocycles. The lowest BCUT2D eigenvalue weighted by Gasteiger charge is -2.19. The van der Waals surface area contributed by atoms with Gasteiger partial charge in [-0.3, -0.25) is 9.36 Å². The third kappa shape index (κ3) is 3.64. The fourth-order valence-corrected chi connectivity index (χ4v) is 2.97. The maximum absolute atomic E-state index is 12.7. The van der Waals surface area contributed by atoms with Crippen LogP contribution in [0.2, 0.25) is 0 Å². The summed E-state index contributed by atoms with van der Waals surface area (Å²) in [7, 11) is 0. The molecule has 2 aromatic carbocycles. The molecule has 0 bridgehead atoms. The zero-order valence-corrected chi connectivity index (χ0v) is 14.4. The fourth-order valence-electron chi connectivity index (χ4n) is 2.97. The van der Waals surface area contributed by atoms with E-state index in [4.69, 9.17) is 4.42 Å². The molecule has 2 heterocycles. The zero-order valence-electron chi connectivity index (χ0n) is 14.4. The highest BCUT2D eigenvalue weighted by Crippen LogP contribution is 2.15. The number of hydrogen-bond donors (Lipinski definition) is 1. The van der Waals surface area contributed by atoms with Crippen LogP contribution in [0, 0.1) is 0 Å². The molecule has 2 aromatic heterocycles. The van der Waals surface area contributed by atoms with Crippen molar-refractivity contribution in [3.8, 4) is 0 Å². The molecule has 136 valence electrons. The summed E-state index contributed by atoms with van der Waals surface area (Å²) < 4.78 is 6.50. The Morgan fingerprint density at radius 2 is 1.74 bits per heavy atom. The van der Waals surface area contributed by atoms with E-state index in [2.05, 4.69) is 15.5 Å². The van der Waals surface area contributed by atoms with Crippen LogP contribution in [-0.4, -0.2) is 25.5 Å². The second kappa shape index (κ2) is 7.28. The van der Waals surface area contributed by atoms with E-state index in [1.165, 1.54) is 9.36 Å². The van der Waals surface area contributed by atoms with E-state index in [9.17, 15) is 9.59 Å². The van der Waals surface area contributed by atoms with Crippen molar-refractivity contribution in [3.05, 3.63) is 83.1 Å². The number of amides is 1. The van der Waals surface area contributed by atoms with Crippen LogP contribution in [0.1, 0.15) is 11.6 Å². The van der Waals surface area contributed by atoms with Gasteiger partial charge in [0, 0.05) is 0 Å². The maximum Gasteiger partial charge on any atom is 0.420 e. The average molecular weight is 363 g/mol. The van der Waals surface area contributed by atoms with E-state index >= 15 is 0 Å². The van der Waals surface area contributed by atoms with Gasteiger partial charge in [-0.2, -0.15) is 15.0 Å². The first-order chi connectivity index (χ1) is 13.2. The van der Waals surface area contributed by atoms with E-state index in [1.54, 1.807) is 36.7 Å². The Morgan fingerprint density at radius 3 is 2.52 bits per heavy atom. The number of fused-ring (bicyclic) bond motifs is 1. The molecule has 0 saturated heterocycles. The zero-order chi connectivity index (χ0) is 18.6. The SMILES string of the molecule is O=C(Cn1c(=O)oc2ccccc21)NC(Cn1nccn1)c1ccccc1. The van der Waals surface area contributed by atoms with Gasteiger partial charge < -0.3 is 9.73 Å². The summed E-state index contributed by atoms with van der Waals surface area (Å²) in [5.41, 5.74) is 1.96. The lowest BCUT2D eigenvalue weighted by molar-refractivity contribution is -0.122. The Kier molecular flexibility index (Phi) is 4.52. The Hall–Kier alpha value is -3.68. The normalized spacial score (nSPS) is 12.1. The minimum absolute atomic E-state index is 0.133. The summed E-state index contributed by atoms with van der Waals surface area (Å²) in [5.74, 6) is -0.860. The predicted octanol–water partition coefficient (Wildman–Crippen LogP) is 1.74. The van der Waals surface area contributed by atoms with E-state index < -0.39 is 5.76 Å². The third-order valence-corrected chi connectivity index (χ3v) is 4.23. The standard InChI is InChI=1S/C19H17N5O3/c25-18(13-23-16-8-4-5-9-17(16)27-19(23)26)22-15(12-24-20-10-11-21-24)14-6-2-1-3-7-14/h1-11,15H,12-13H2,(H,22,25). The first kappa shape index (κ1) is 16.8. The Morgan fingerprint density at radius 1 is 1.04 bits per heavy atom. The molecular weight excluding hydrogens is 346 g/mol. The maximum atomic E-state index is 12.7. The Balaban J connectivity index is 1.56. The van der Waals surface area contributed by atoms with Crippen LogP contribution in [0.25, 0.3) is 11.1 Å². The van der Waals surface area contributed by atoms with Gasteiger partial charge in [-0.25, -0.2) is 4.79 Å². The molecule has 1 amide bonds. The number of carbonyl (C=O) groups excluding carboxylic acids is 1. The number of hydrogen-bond acceptors (Lipinski definition) is 5. The minimum atomic E-state index is -0.559. The van der Waals surface area contributed by atoms with Crippen molar-refractivity contribution in [2.24, 2.45) is 0 Å². The number of rotatable bonds is 6. The molecule has 0 fully saturated rings. The molecule has 1 unspecified atom stereocenters. The Bertz CT molecular complexity index is 1100. The van der Waals surface area contributed by atoms with Crippen molar-refractivity contribution in [2.75, 3.05) is 0 Å². The van der Waals surface area contributed by atoms with Gasteiger partial charge >= 0.3 is 5.76 Å². The highest BCUT2D eigenvalue weighted by Gasteiger charge is 2.18. The first-order valence-electron chi connectivity index (χ1n) is 8.47. The molecule has 1 N–H and O–H groups in total. The van der Waals surface area contributed by atoms with Crippen LogP contribution in [0.3, 0.4) is 0 Å². The molecule has 0 aliphatic rings. The van der Waals surface area contributed by atoms with Crippen molar-refractivity contribution in [1.82, 2.24) is 24.9 Å². The molecule has 1 atom stereocenters. The quantitative estimate of drug-likeness (QED) is 0.563. The van der Waals surface area contributed by atoms with Crippen molar-refractivity contribution in [1.29, 1.82) is 0 Å². The van der Waals surface area contributed by atoms with Gasteiger partial charge in [0.25, 0.3) is 0 Å². The number of oxazole rings is 1. The van der Waals surface area contributed by atoms with Crippen LogP contribution >= 0.6 is 0 Å². The molecule has 0 saturated carbocycles. The number of para-hydroxylation sites is 2. The van der Waals surface area contributed by atoms with Gasteiger partial charge in [0.1, 0.15) is 6.54 Å².